The van der Waals surface area contributed by atoms with Crippen molar-refractivity contribution >= 4 is 11.7 Å². The summed E-state index contributed by atoms with van der Waals surface area (Å²) in [4.78, 5) is 26.7. The van der Waals surface area contributed by atoms with Crippen molar-refractivity contribution < 1.29 is 24.6 Å². The number of nitrogens with zero attached hydrogens (tertiary/aromatic N) is 3. The fourth-order valence-corrected chi connectivity index (χ4v) is 3.81. The van der Waals surface area contributed by atoms with Crippen LogP contribution in [0.25, 0.3) is 11.4 Å². The lowest BCUT2D eigenvalue weighted by Gasteiger charge is -2.35. The van der Waals surface area contributed by atoms with E-state index in [1.54, 1.807) is 24.3 Å². The van der Waals surface area contributed by atoms with Crippen molar-refractivity contribution in [1.82, 2.24) is 15.4 Å². The number of carbonyl (C=O) groups is 1. The minimum Gasteiger partial charge on any atom is -0.474 e. The van der Waals surface area contributed by atoms with Gasteiger partial charge in [-0.1, -0.05) is 12.1 Å². The maximum atomic E-state index is 12.8. The lowest BCUT2D eigenvalue weighted by molar-refractivity contribution is -0.113. The molecular weight excluding hydrogens is 414 g/mol. The Kier molecular flexibility index (Phi) is 6.23. The van der Waals surface area contributed by atoms with Crippen LogP contribution in [0, 0.1) is 11.3 Å². The minimum atomic E-state index is -0.926. The highest BCUT2D eigenvalue weighted by atomic mass is 16.7. The molecule has 5 N–H and O–H groups in total. The average Bonchev–Trinajstić information content (AvgIpc) is 3.16. The smallest absolute Gasteiger partial charge is 0.284 e. The summed E-state index contributed by atoms with van der Waals surface area (Å²) in [6, 6.07) is 8.74. The molecule has 4 rings (SSSR count). The van der Waals surface area contributed by atoms with E-state index in [-0.39, 0.29) is 35.8 Å². The number of benzene rings is 1. The van der Waals surface area contributed by atoms with Gasteiger partial charge in [-0.3, -0.25) is 9.63 Å². The summed E-state index contributed by atoms with van der Waals surface area (Å²) in [5.41, 5.74) is 8.35. The lowest BCUT2D eigenvalue weighted by atomic mass is 9.81. The van der Waals surface area contributed by atoms with Gasteiger partial charge in [-0.05, 0) is 44.2 Å². The van der Waals surface area contributed by atoms with Crippen LogP contribution in [0.4, 0.5) is 5.82 Å². The standard InChI is InChI=1S/C22H25N5O5/c23-11-13-3-1-4-14(9-13)19-25-18(24)17(20(29)27-31-12-22(30)7-2-8-22)21(26-19)32-16-6-5-15(28)10-16/h1,3-4,9,15-16,28,30H,2,5-8,10,12H2,(H,27,29)(H2,24,25,26)/t15-,16+/m1/s1. The molecule has 2 aromatic rings. The van der Waals surface area contributed by atoms with Crippen LogP contribution >= 0.6 is 0 Å². The van der Waals surface area contributed by atoms with Gasteiger partial charge >= 0.3 is 0 Å². The molecule has 2 aliphatic carbocycles. The number of carbonyl (C=O) groups excluding carboxylic acids is 1. The van der Waals surface area contributed by atoms with Gasteiger partial charge in [0.25, 0.3) is 5.91 Å². The van der Waals surface area contributed by atoms with Crippen LogP contribution in [-0.2, 0) is 4.84 Å². The third-order valence-electron chi connectivity index (χ3n) is 5.81. The Balaban J connectivity index is 1.61. The van der Waals surface area contributed by atoms with Crippen LogP contribution < -0.4 is 16.0 Å². The fourth-order valence-electron chi connectivity index (χ4n) is 3.81. The zero-order valence-electron chi connectivity index (χ0n) is 17.5. The Morgan fingerprint density at radius 3 is 2.81 bits per heavy atom. The van der Waals surface area contributed by atoms with Crippen molar-refractivity contribution in [2.45, 2.75) is 56.3 Å². The molecule has 0 unspecified atom stereocenters. The van der Waals surface area contributed by atoms with E-state index in [0.717, 1.165) is 6.42 Å². The second-order valence-electron chi connectivity index (χ2n) is 8.31. The number of anilines is 1. The first-order valence-electron chi connectivity index (χ1n) is 10.5. The van der Waals surface area contributed by atoms with Crippen LogP contribution in [0.2, 0.25) is 0 Å². The third kappa shape index (κ3) is 4.80. The predicted molar refractivity (Wildman–Crippen MR) is 113 cm³/mol. The quantitative estimate of drug-likeness (QED) is 0.468. The monoisotopic (exact) mass is 439 g/mol. The van der Waals surface area contributed by atoms with Gasteiger partial charge < -0.3 is 20.7 Å². The van der Waals surface area contributed by atoms with Crippen LogP contribution in [0.3, 0.4) is 0 Å². The number of amides is 1. The van der Waals surface area contributed by atoms with E-state index < -0.39 is 17.6 Å². The average molecular weight is 439 g/mol. The molecule has 2 aliphatic rings. The number of ether oxygens (including phenoxy) is 1. The SMILES string of the molecule is N#Cc1cccc(-c2nc(N)c(C(=O)NOCC3(O)CCC3)c(O[C@H]3CC[C@@H](O)C3)n2)c1. The first-order chi connectivity index (χ1) is 15.4. The van der Waals surface area contributed by atoms with E-state index in [2.05, 4.69) is 21.5 Å². The summed E-state index contributed by atoms with van der Waals surface area (Å²) in [5.74, 6) is -0.641. The molecule has 1 aromatic heterocycles. The topological polar surface area (TPSA) is 164 Å². The van der Waals surface area contributed by atoms with E-state index in [1.165, 1.54) is 0 Å². The van der Waals surface area contributed by atoms with Crippen LogP contribution in [0.1, 0.15) is 54.4 Å². The van der Waals surface area contributed by atoms with Gasteiger partial charge in [0.05, 0.1) is 23.3 Å². The fraction of sp³-hybridized carbons (Fsp3) is 0.455. The van der Waals surface area contributed by atoms with Crippen molar-refractivity contribution in [2.75, 3.05) is 12.3 Å². The van der Waals surface area contributed by atoms with Crippen LogP contribution in [-0.4, -0.2) is 50.5 Å². The number of aromatic nitrogens is 2. The second kappa shape index (κ2) is 9.08. The highest BCUT2D eigenvalue weighted by molar-refractivity contribution is 6.00. The van der Waals surface area contributed by atoms with Gasteiger partial charge in [0.15, 0.2) is 5.82 Å². The summed E-state index contributed by atoms with van der Waals surface area (Å²) >= 11 is 0. The Hall–Kier alpha value is -3.26. The number of nitrogens with two attached hydrogens (primary N) is 1. The van der Waals surface area contributed by atoms with Gasteiger partial charge in [-0.2, -0.15) is 10.2 Å². The van der Waals surface area contributed by atoms with E-state index in [0.29, 0.717) is 43.2 Å². The van der Waals surface area contributed by atoms with Crippen LogP contribution in [0.15, 0.2) is 24.3 Å². The predicted octanol–water partition coefficient (Wildman–Crippen LogP) is 1.47. The lowest BCUT2D eigenvalue weighted by Crippen LogP contribution is -2.44. The molecule has 1 heterocycles. The molecule has 0 bridgehead atoms. The molecule has 0 radical (unpaired) electrons. The van der Waals surface area contributed by atoms with Crippen molar-refractivity contribution in [3.05, 3.63) is 35.4 Å². The molecule has 2 fully saturated rings. The van der Waals surface area contributed by atoms with Gasteiger partial charge in [0, 0.05) is 12.0 Å². The molecule has 168 valence electrons. The molecule has 2 atom stereocenters. The zero-order valence-corrected chi connectivity index (χ0v) is 17.5. The number of rotatable bonds is 7. The summed E-state index contributed by atoms with van der Waals surface area (Å²) in [7, 11) is 0. The molecule has 10 heteroatoms. The van der Waals surface area contributed by atoms with Crippen molar-refractivity contribution in [1.29, 1.82) is 5.26 Å². The number of hydroxylamine groups is 1. The number of hydrogen-bond donors (Lipinski definition) is 4. The first-order valence-corrected chi connectivity index (χ1v) is 10.5. The molecule has 10 nitrogen and oxygen atoms in total. The maximum absolute atomic E-state index is 12.8. The Labute approximate surface area is 185 Å². The molecule has 0 aliphatic heterocycles. The van der Waals surface area contributed by atoms with E-state index in [4.69, 9.17) is 20.6 Å². The highest BCUT2D eigenvalue weighted by Crippen LogP contribution is 2.32. The number of nitrogens with one attached hydrogen (secondary N) is 1. The van der Waals surface area contributed by atoms with Gasteiger partial charge in [0.2, 0.25) is 5.88 Å². The van der Waals surface area contributed by atoms with Crippen molar-refractivity contribution in [3.8, 4) is 23.3 Å². The van der Waals surface area contributed by atoms with Crippen molar-refractivity contribution in [2.24, 2.45) is 0 Å². The number of aliphatic hydroxyl groups excluding tert-OH is 1. The normalized spacial score (nSPS) is 21.4. The Morgan fingerprint density at radius 2 is 2.16 bits per heavy atom. The maximum Gasteiger partial charge on any atom is 0.284 e. The van der Waals surface area contributed by atoms with E-state index >= 15 is 0 Å². The van der Waals surface area contributed by atoms with Gasteiger partial charge in [0.1, 0.15) is 24.1 Å². The number of hydrogen-bond acceptors (Lipinski definition) is 9. The molecule has 1 aromatic carbocycles. The number of nitriles is 1. The highest BCUT2D eigenvalue weighted by Gasteiger charge is 2.35. The Bertz CT molecular complexity index is 1050. The van der Waals surface area contributed by atoms with E-state index in [1.807, 2.05) is 0 Å². The summed E-state index contributed by atoms with van der Waals surface area (Å²) < 4.78 is 5.96. The second-order valence-corrected chi connectivity index (χ2v) is 8.31. The van der Waals surface area contributed by atoms with Crippen LogP contribution in [0.5, 0.6) is 5.88 Å². The molecule has 0 spiro atoms. The van der Waals surface area contributed by atoms with Crippen molar-refractivity contribution in [3.63, 3.8) is 0 Å². The number of nitrogen functional groups attached to an aromatic ring is 1. The van der Waals surface area contributed by atoms with Gasteiger partial charge in [-0.15, -0.1) is 0 Å². The molecular formula is C22H25N5O5. The third-order valence-corrected chi connectivity index (χ3v) is 5.81. The summed E-state index contributed by atoms with van der Waals surface area (Å²) in [5, 5.41) is 29.1. The zero-order chi connectivity index (χ0) is 22.7. The van der Waals surface area contributed by atoms with Gasteiger partial charge in [-0.25, -0.2) is 10.5 Å². The summed E-state index contributed by atoms with van der Waals surface area (Å²) in [6.07, 6.45) is 2.93. The minimum absolute atomic E-state index is 0.0302. The van der Waals surface area contributed by atoms with E-state index in [9.17, 15) is 15.0 Å². The molecule has 32 heavy (non-hydrogen) atoms. The molecule has 2 saturated carbocycles. The largest absolute Gasteiger partial charge is 0.474 e. The molecule has 1 amide bonds. The molecule has 0 saturated heterocycles. The number of aliphatic hydroxyl groups is 2. The Morgan fingerprint density at radius 1 is 1.34 bits per heavy atom. The first kappa shape index (κ1) is 22.0. The summed E-state index contributed by atoms with van der Waals surface area (Å²) in [6.45, 7) is -0.0381.